The van der Waals surface area contributed by atoms with Gasteiger partial charge in [0.1, 0.15) is 0 Å². The summed E-state index contributed by atoms with van der Waals surface area (Å²) >= 11 is 0. The normalized spacial score (nSPS) is 16.2. The summed E-state index contributed by atoms with van der Waals surface area (Å²) in [7, 11) is 0. The molecule has 0 bridgehead atoms. The van der Waals surface area contributed by atoms with Crippen LogP contribution in [0.2, 0.25) is 0 Å². The van der Waals surface area contributed by atoms with Crippen molar-refractivity contribution < 1.29 is 14.3 Å². The lowest BCUT2D eigenvalue weighted by Crippen LogP contribution is -2.48. The third kappa shape index (κ3) is 7.18. The van der Waals surface area contributed by atoms with E-state index >= 15 is 0 Å². The van der Waals surface area contributed by atoms with E-state index in [1.54, 1.807) is 0 Å². The molecule has 2 aromatic carbocycles. The molecular weight excluding hydrogens is 402 g/mol. The van der Waals surface area contributed by atoms with E-state index in [0.717, 1.165) is 49.5 Å². The number of ether oxygens (including phenoxy) is 1. The second-order valence-electron chi connectivity index (χ2n) is 8.64. The topological polar surface area (TPSA) is 61.9 Å². The van der Waals surface area contributed by atoms with Crippen LogP contribution < -0.4 is 5.32 Å². The highest BCUT2D eigenvalue weighted by Crippen LogP contribution is 2.21. The Morgan fingerprint density at radius 2 is 1.72 bits per heavy atom. The number of nitrogens with zero attached hydrogens (tertiary/aromatic N) is 2. The van der Waals surface area contributed by atoms with Crippen molar-refractivity contribution in [2.75, 3.05) is 32.8 Å². The number of carbonyl (C=O) groups excluding carboxylic acids is 2. The second-order valence-corrected chi connectivity index (χ2v) is 8.64. The van der Waals surface area contributed by atoms with Crippen LogP contribution in [-0.2, 0) is 20.9 Å². The molecular formula is C26H35N3O3. The van der Waals surface area contributed by atoms with Gasteiger partial charge in [-0.25, -0.2) is 0 Å². The number of rotatable bonds is 9. The number of hydrogen-bond donors (Lipinski definition) is 1. The van der Waals surface area contributed by atoms with E-state index in [0.29, 0.717) is 6.54 Å². The van der Waals surface area contributed by atoms with Crippen LogP contribution in [0.1, 0.15) is 43.0 Å². The highest BCUT2D eigenvalue weighted by atomic mass is 16.5. The van der Waals surface area contributed by atoms with Crippen molar-refractivity contribution in [2.45, 2.75) is 45.8 Å². The molecule has 6 heteroatoms. The average molecular weight is 438 g/mol. The molecule has 0 radical (unpaired) electrons. The third-order valence-electron chi connectivity index (χ3n) is 5.91. The Labute approximate surface area is 191 Å². The zero-order chi connectivity index (χ0) is 22.9. The van der Waals surface area contributed by atoms with Crippen molar-refractivity contribution in [3.05, 3.63) is 71.3 Å². The summed E-state index contributed by atoms with van der Waals surface area (Å²) in [5.74, 6) is -0.103. The van der Waals surface area contributed by atoms with Gasteiger partial charge in [0.15, 0.2) is 0 Å². The average Bonchev–Trinajstić information content (AvgIpc) is 2.78. The van der Waals surface area contributed by atoms with E-state index < -0.39 is 0 Å². The molecule has 0 saturated carbocycles. The Morgan fingerprint density at radius 1 is 1.06 bits per heavy atom. The molecule has 172 valence electrons. The number of hydrogen-bond acceptors (Lipinski definition) is 4. The number of morpholine rings is 1. The molecule has 2 unspecified atom stereocenters. The molecule has 2 atom stereocenters. The van der Waals surface area contributed by atoms with Gasteiger partial charge in [-0.15, -0.1) is 0 Å². The molecule has 0 spiro atoms. The van der Waals surface area contributed by atoms with Gasteiger partial charge in [-0.1, -0.05) is 60.2 Å². The highest BCUT2D eigenvalue weighted by molar-refractivity contribution is 5.79. The van der Waals surface area contributed by atoms with E-state index in [9.17, 15) is 9.59 Å². The fraction of sp³-hybridized carbons (Fsp3) is 0.462. The molecule has 0 aromatic heterocycles. The summed E-state index contributed by atoms with van der Waals surface area (Å²) < 4.78 is 5.47. The molecule has 3 rings (SSSR count). The first-order valence-electron chi connectivity index (χ1n) is 11.4. The van der Waals surface area contributed by atoms with Crippen molar-refractivity contribution in [2.24, 2.45) is 0 Å². The van der Waals surface area contributed by atoms with Gasteiger partial charge in [0.05, 0.1) is 25.7 Å². The van der Waals surface area contributed by atoms with Crippen LogP contribution in [0.3, 0.4) is 0 Å². The second kappa shape index (κ2) is 11.8. The van der Waals surface area contributed by atoms with E-state index in [-0.39, 0.29) is 30.3 Å². The van der Waals surface area contributed by atoms with Gasteiger partial charge in [0.25, 0.3) is 0 Å². The number of carbonyl (C=O) groups is 2. The predicted molar refractivity (Wildman–Crippen MR) is 126 cm³/mol. The minimum absolute atomic E-state index is 0.0361. The third-order valence-corrected chi connectivity index (χ3v) is 5.91. The zero-order valence-electron chi connectivity index (χ0n) is 19.4. The lowest BCUT2D eigenvalue weighted by Gasteiger charge is -2.36. The van der Waals surface area contributed by atoms with Gasteiger partial charge in [-0.2, -0.15) is 0 Å². The SMILES string of the molecule is CC(=O)NC(CC(=O)N(Cc1ccccc1)C(C)CN1CCOCC1)c1ccc(C)cc1. The molecule has 1 saturated heterocycles. The minimum atomic E-state index is -0.352. The zero-order valence-corrected chi connectivity index (χ0v) is 19.4. The standard InChI is InChI=1S/C26H35N3O3/c1-20-9-11-24(12-10-20)25(27-22(3)30)17-26(31)29(19-23-7-5-4-6-8-23)21(2)18-28-13-15-32-16-14-28/h4-12,21,25H,13-19H2,1-3H3,(H,27,30). The predicted octanol–water partition coefficient (Wildman–Crippen LogP) is 3.31. The van der Waals surface area contributed by atoms with Crippen LogP contribution in [0.25, 0.3) is 0 Å². The number of amides is 2. The summed E-state index contributed by atoms with van der Waals surface area (Å²) in [4.78, 5) is 29.8. The maximum atomic E-state index is 13.6. The molecule has 1 N–H and O–H groups in total. The van der Waals surface area contributed by atoms with Crippen molar-refractivity contribution in [3.63, 3.8) is 0 Å². The largest absolute Gasteiger partial charge is 0.379 e. The van der Waals surface area contributed by atoms with E-state index in [4.69, 9.17) is 4.74 Å². The summed E-state index contributed by atoms with van der Waals surface area (Å²) in [6.07, 6.45) is 0.225. The number of aryl methyl sites for hydroxylation is 1. The summed E-state index contributed by atoms with van der Waals surface area (Å²) in [5, 5.41) is 2.97. The van der Waals surface area contributed by atoms with Crippen molar-refractivity contribution in [3.8, 4) is 0 Å². The first-order valence-corrected chi connectivity index (χ1v) is 11.4. The van der Waals surface area contributed by atoms with Crippen LogP contribution in [0, 0.1) is 6.92 Å². The van der Waals surface area contributed by atoms with Crippen LogP contribution in [0.4, 0.5) is 0 Å². The van der Waals surface area contributed by atoms with Crippen molar-refractivity contribution >= 4 is 11.8 Å². The Bertz CT molecular complexity index is 864. The van der Waals surface area contributed by atoms with E-state index in [1.807, 2.05) is 66.4 Å². The maximum absolute atomic E-state index is 13.6. The fourth-order valence-electron chi connectivity index (χ4n) is 4.11. The van der Waals surface area contributed by atoms with Gasteiger partial charge in [0.2, 0.25) is 11.8 Å². The first kappa shape index (κ1) is 24.0. The molecule has 6 nitrogen and oxygen atoms in total. The quantitative estimate of drug-likeness (QED) is 0.654. The van der Waals surface area contributed by atoms with E-state index in [2.05, 4.69) is 17.1 Å². The Balaban J connectivity index is 1.78. The first-order chi connectivity index (χ1) is 15.4. The highest BCUT2D eigenvalue weighted by Gasteiger charge is 2.26. The maximum Gasteiger partial charge on any atom is 0.225 e. The Morgan fingerprint density at radius 3 is 2.34 bits per heavy atom. The van der Waals surface area contributed by atoms with Gasteiger partial charge < -0.3 is 15.0 Å². The number of nitrogens with one attached hydrogen (secondary N) is 1. The Hall–Kier alpha value is -2.70. The van der Waals surface area contributed by atoms with Gasteiger partial charge >= 0.3 is 0 Å². The van der Waals surface area contributed by atoms with Crippen LogP contribution in [-0.4, -0.2) is 60.5 Å². The van der Waals surface area contributed by atoms with Crippen molar-refractivity contribution in [1.29, 1.82) is 0 Å². The molecule has 2 aromatic rings. The van der Waals surface area contributed by atoms with Gasteiger partial charge in [-0.05, 0) is 25.0 Å². The lowest BCUT2D eigenvalue weighted by atomic mass is 10.0. The van der Waals surface area contributed by atoms with Crippen LogP contribution in [0.5, 0.6) is 0 Å². The molecule has 2 amide bonds. The molecule has 1 fully saturated rings. The monoisotopic (exact) mass is 437 g/mol. The van der Waals surface area contributed by atoms with E-state index in [1.165, 1.54) is 6.92 Å². The Kier molecular flexibility index (Phi) is 8.82. The van der Waals surface area contributed by atoms with Crippen LogP contribution in [0.15, 0.2) is 54.6 Å². The lowest BCUT2D eigenvalue weighted by molar-refractivity contribution is -0.135. The summed E-state index contributed by atoms with van der Waals surface area (Å²) in [6, 6.07) is 17.8. The van der Waals surface area contributed by atoms with Crippen LogP contribution >= 0.6 is 0 Å². The smallest absolute Gasteiger partial charge is 0.225 e. The molecule has 32 heavy (non-hydrogen) atoms. The molecule has 1 aliphatic heterocycles. The van der Waals surface area contributed by atoms with Gasteiger partial charge in [-0.3, -0.25) is 14.5 Å². The molecule has 0 aliphatic carbocycles. The van der Waals surface area contributed by atoms with Crippen molar-refractivity contribution in [1.82, 2.24) is 15.1 Å². The fourth-order valence-corrected chi connectivity index (χ4v) is 4.11. The molecule has 1 aliphatic rings. The molecule has 1 heterocycles. The van der Waals surface area contributed by atoms with Gasteiger partial charge in [0, 0.05) is 39.1 Å². The number of benzene rings is 2. The minimum Gasteiger partial charge on any atom is -0.379 e. The summed E-state index contributed by atoms with van der Waals surface area (Å²) in [6.45, 7) is 10.2. The summed E-state index contributed by atoms with van der Waals surface area (Å²) in [5.41, 5.74) is 3.19.